The van der Waals surface area contributed by atoms with E-state index in [1.54, 1.807) is 22.9 Å². The van der Waals surface area contributed by atoms with Gasteiger partial charge in [-0.25, -0.2) is 10.4 Å². The van der Waals surface area contributed by atoms with E-state index in [4.69, 9.17) is 21.9 Å². The van der Waals surface area contributed by atoms with Gasteiger partial charge in [0, 0.05) is 10.4 Å². The highest BCUT2D eigenvalue weighted by atomic mass is 35.5. The van der Waals surface area contributed by atoms with Crippen LogP contribution < -0.4 is 11.3 Å². The van der Waals surface area contributed by atoms with E-state index in [0.717, 1.165) is 27.3 Å². The van der Waals surface area contributed by atoms with Gasteiger partial charge in [-0.15, -0.1) is 11.3 Å². The maximum absolute atomic E-state index is 5.98. The van der Waals surface area contributed by atoms with E-state index in [1.807, 2.05) is 25.1 Å². The monoisotopic (exact) mass is 293 g/mol. The Balaban J connectivity index is 2.09. The first-order chi connectivity index (χ1) is 9.19. The van der Waals surface area contributed by atoms with Gasteiger partial charge in [0.1, 0.15) is 17.4 Å². The topological polar surface area (TPSA) is 64.1 Å². The minimum absolute atomic E-state index is 0.196. The highest BCUT2D eigenvalue weighted by Crippen LogP contribution is 2.32. The number of fused-ring (bicyclic) bond motifs is 1. The average molecular weight is 294 g/mol. The van der Waals surface area contributed by atoms with Gasteiger partial charge < -0.3 is 4.42 Å². The fraction of sp³-hybridized carbons (Fsp3) is 0.154. The van der Waals surface area contributed by atoms with Crippen molar-refractivity contribution in [2.45, 2.75) is 13.0 Å². The third-order valence-corrected chi connectivity index (χ3v) is 4.22. The van der Waals surface area contributed by atoms with E-state index >= 15 is 0 Å². The molecule has 2 heterocycles. The number of furan rings is 1. The Morgan fingerprint density at radius 3 is 2.95 bits per heavy atom. The van der Waals surface area contributed by atoms with Gasteiger partial charge in [-0.05, 0) is 31.2 Å². The first kappa shape index (κ1) is 12.6. The zero-order chi connectivity index (χ0) is 13.4. The molecule has 0 spiro atoms. The Morgan fingerprint density at radius 2 is 2.26 bits per heavy atom. The standard InChI is InChI=1S/C13H12ClN3OS/c1-7-13(19-6-16-7)12(17-15)11-5-8-4-9(14)2-3-10(8)18-11/h2-6,12,17H,15H2,1H3. The van der Waals surface area contributed by atoms with Crippen LogP contribution in [0.3, 0.4) is 0 Å². The van der Waals surface area contributed by atoms with E-state index in [1.165, 1.54) is 0 Å². The molecule has 0 fully saturated rings. The number of hydrazine groups is 1. The van der Waals surface area contributed by atoms with Crippen molar-refractivity contribution in [3.8, 4) is 0 Å². The molecule has 3 aromatic rings. The number of halogens is 1. The second kappa shape index (κ2) is 4.94. The molecule has 0 aliphatic heterocycles. The van der Waals surface area contributed by atoms with Crippen LogP contribution >= 0.6 is 22.9 Å². The summed E-state index contributed by atoms with van der Waals surface area (Å²) in [7, 11) is 0. The third-order valence-electron chi connectivity index (χ3n) is 2.99. The highest BCUT2D eigenvalue weighted by molar-refractivity contribution is 7.09. The molecule has 3 rings (SSSR count). The SMILES string of the molecule is Cc1ncsc1C(NN)c1cc2cc(Cl)ccc2o1. The van der Waals surface area contributed by atoms with E-state index in [2.05, 4.69) is 10.4 Å². The molecule has 1 aromatic carbocycles. The minimum Gasteiger partial charge on any atom is -0.459 e. The van der Waals surface area contributed by atoms with Gasteiger partial charge in [-0.2, -0.15) is 0 Å². The smallest absolute Gasteiger partial charge is 0.134 e. The Morgan fingerprint density at radius 1 is 1.42 bits per heavy atom. The van der Waals surface area contributed by atoms with Crippen molar-refractivity contribution < 1.29 is 4.42 Å². The molecule has 0 aliphatic rings. The number of nitrogens with one attached hydrogen (secondary N) is 1. The Kier molecular flexibility index (Phi) is 3.28. The molecular weight excluding hydrogens is 282 g/mol. The number of thiazole rings is 1. The molecule has 0 radical (unpaired) electrons. The van der Waals surface area contributed by atoms with Crippen LogP contribution in [0.15, 0.2) is 34.2 Å². The number of nitrogens with two attached hydrogens (primary N) is 1. The van der Waals surface area contributed by atoms with Crippen molar-refractivity contribution in [1.29, 1.82) is 0 Å². The van der Waals surface area contributed by atoms with Crippen LogP contribution in [0, 0.1) is 6.92 Å². The number of hydrogen-bond donors (Lipinski definition) is 2. The molecule has 2 aromatic heterocycles. The van der Waals surface area contributed by atoms with Crippen LogP contribution in [0.2, 0.25) is 5.02 Å². The molecule has 19 heavy (non-hydrogen) atoms. The number of aryl methyl sites for hydroxylation is 1. The van der Waals surface area contributed by atoms with Gasteiger partial charge in [-0.3, -0.25) is 5.84 Å². The second-order valence-corrected chi connectivity index (χ2v) is 5.56. The zero-order valence-electron chi connectivity index (χ0n) is 10.2. The van der Waals surface area contributed by atoms with Crippen LogP contribution in [0.5, 0.6) is 0 Å². The lowest BCUT2D eigenvalue weighted by molar-refractivity contribution is 0.480. The Labute approximate surface area is 119 Å². The number of hydrogen-bond acceptors (Lipinski definition) is 5. The van der Waals surface area contributed by atoms with Gasteiger partial charge in [-0.1, -0.05) is 11.6 Å². The van der Waals surface area contributed by atoms with Crippen LogP contribution in [0.1, 0.15) is 22.4 Å². The molecule has 1 unspecified atom stereocenters. The van der Waals surface area contributed by atoms with Crippen molar-refractivity contribution in [2.24, 2.45) is 5.84 Å². The molecule has 6 heteroatoms. The summed E-state index contributed by atoms with van der Waals surface area (Å²) in [5.41, 5.74) is 6.32. The summed E-state index contributed by atoms with van der Waals surface area (Å²) in [6.07, 6.45) is 0. The van der Waals surface area contributed by atoms with Crippen LogP contribution in [0.4, 0.5) is 0 Å². The van der Waals surface area contributed by atoms with Crippen LogP contribution in [-0.2, 0) is 0 Å². The van der Waals surface area contributed by atoms with Gasteiger partial charge in [0.05, 0.1) is 16.1 Å². The van der Waals surface area contributed by atoms with Crippen molar-refractivity contribution >= 4 is 33.9 Å². The van der Waals surface area contributed by atoms with Crippen molar-refractivity contribution in [1.82, 2.24) is 10.4 Å². The summed E-state index contributed by atoms with van der Waals surface area (Å²) in [4.78, 5) is 5.29. The highest BCUT2D eigenvalue weighted by Gasteiger charge is 2.21. The van der Waals surface area contributed by atoms with Crippen molar-refractivity contribution in [3.63, 3.8) is 0 Å². The molecule has 0 saturated carbocycles. The third kappa shape index (κ3) is 2.26. The number of aromatic nitrogens is 1. The van der Waals surface area contributed by atoms with E-state index in [9.17, 15) is 0 Å². The summed E-state index contributed by atoms with van der Waals surface area (Å²) in [6.45, 7) is 1.95. The normalized spacial score (nSPS) is 13.0. The van der Waals surface area contributed by atoms with Crippen molar-refractivity contribution in [3.05, 3.63) is 51.1 Å². The molecular formula is C13H12ClN3OS. The van der Waals surface area contributed by atoms with Gasteiger partial charge in [0.2, 0.25) is 0 Å². The summed E-state index contributed by atoms with van der Waals surface area (Å²) in [5, 5.41) is 1.65. The quantitative estimate of drug-likeness (QED) is 0.574. The van der Waals surface area contributed by atoms with Gasteiger partial charge in [0.25, 0.3) is 0 Å². The second-order valence-electron chi connectivity index (χ2n) is 4.23. The lowest BCUT2D eigenvalue weighted by atomic mass is 10.1. The predicted octanol–water partition coefficient (Wildman–Crippen LogP) is 3.40. The van der Waals surface area contributed by atoms with E-state index in [-0.39, 0.29) is 6.04 Å². The number of rotatable bonds is 3. The average Bonchev–Trinajstić information content (AvgIpc) is 2.97. The molecule has 1 atom stereocenters. The fourth-order valence-electron chi connectivity index (χ4n) is 2.05. The molecule has 0 aliphatic carbocycles. The summed E-state index contributed by atoms with van der Waals surface area (Å²) < 4.78 is 5.83. The summed E-state index contributed by atoms with van der Waals surface area (Å²) >= 11 is 7.53. The fourth-order valence-corrected chi connectivity index (χ4v) is 3.10. The maximum Gasteiger partial charge on any atom is 0.134 e. The Hall–Kier alpha value is -1.40. The van der Waals surface area contributed by atoms with E-state index in [0.29, 0.717) is 5.02 Å². The molecule has 0 amide bonds. The Bertz CT molecular complexity index is 722. The molecule has 0 saturated heterocycles. The van der Waals surface area contributed by atoms with Gasteiger partial charge >= 0.3 is 0 Å². The predicted molar refractivity (Wildman–Crippen MR) is 77.2 cm³/mol. The molecule has 3 N–H and O–H groups in total. The zero-order valence-corrected chi connectivity index (χ0v) is 11.8. The largest absolute Gasteiger partial charge is 0.459 e. The number of benzene rings is 1. The van der Waals surface area contributed by atoms with Crippen molar-refractivity contribution in [2.75, 3.05) is 0 Å². The maximum atomic E-state index is 5.98. The summed E-state index contributed by atoms with van der Waals surface area (Å²) in [6, 6.07) is 7.29. The van der Waals surface area contributed by atoms with E-state index < -0.39 is 0 Å². The molecule has 0 bridgehead atoms. The molecule has 98 valence electrons. The minimum atomic E-state index is -0.196. The lowest BCUT2D eigenvalue weighted by Crippen LogP contribution is -2.28. The lowest BCUT2D eigenvalue weighted by Gasteiger charge is -2.11. The first-order valence-corrected chi connectivity index (χ1v) is 7.00. The van der Waals surface area contributed by atoms with Gasteiger partial charge in [0.15, 0.2) is 0 Å². The first-order valence-electron chi connectivity index (χ1n) is 5.74. The molecule has 4 nitrogen and oxygen atoms in total. The summed E-state index contributed by atoms with van der Waals surface area (Å²) in [5.74, 6) is 6.42. The number of nitrogens with zero attached hydrogens (tertiary/aromatic N) is 1. The van der Waals surface area contributed by atoms with Crippen LogP contribution in [-0.4, -0.2) is 4.98 Å². The van der Waals surface area contributed by atoms with Crippen LogP contribution in [0.25, 0.3) is 11.0 Å².